The Morgan fingerprint density at radius 1 is 0.923 bits per heavy atom. The molecule has 0 unspecified atom stereocenters. The van der Waals surface area contributed by atoms with Crippen LogP contribution in [0.1, 0.15) is 16.7 Å². The predicted octanol–water partition coefficient (Wildman–Crippen LogP) is 5.70. The van der Waals surface area contributed by atoms with E-state index in [4.69, 9.17) is 27.9 Å². The summed E-state index contributed by atoms with van der Waals surface area (Å²) in [5.41, 5.74) is 6.06. The number of hydrogen-bond donors (Lipinski definition) is 1. The lowest BCUT2D eigenvalue weighted by Gasteiger charge is -2.08. The Hall–Kier alpha value is -2.49. The summed E-state index contributed by atoms with van der Waals surface area (Å²) in [5.74, 6) is 0.753. The Labute approximate surface area is 163 Å². The first-order chi connectivity index (χ1) is 12.7. The Bertz CT molecular complexity index is 882. The number of hydrazone groups is 1. The van der Waals surface area contributed by atoms with Crippen molar-refractivity contribution in [2.75, 3.05) is 0 Å². The van der Waals surface area contributed by atoms with Crippen LogP contribution in [-0.2, 0) is 13.2 Å². The molecule has 0 aliphatic rings. The third kappa shape index (κ3) is 5.51. The van der Waals surface area contributed by atoms with Crippen LogP contribution in [0, 0.1) is 0 Å². The van der Waals surface area contributed by atoms with Crippen molar-refractivity contribution >= 4 is 29.4 Å². The molecule has 0 radical (unpaired) electrons. The number of nitrogens with one attached hydrogen (secondary N) is 1. The fourth-order valence-corrected chi connectivity index (χ4v) is 2.80. The van der Waals surface area contributed by atoms with Gasteiger partial charge in [-0.2, -0.15) is 5.10 Å². The van der Waals surface area contributed by atoms with Crippen LogP contribution in [0.3, 0.4) is 0 Å². The monoisotopic (exact) mass is 384 g/mol. The predicted molar refractivity (Wildman–Crippen MR) is 108 cm³/mol. The second-order valence-electron chi connectivity index (χ2n) is 5.68. The van der Waals surface area contributed by atoms with E-state index in [0.717, 1.165) is 16.9 Å². The lowest BCUT2D eigenvalue weighted by atomic mass is 10.2. The van der Waals surface area contributed by atoms with E-state index in [9.17, 15) is 0 Å². The second-order valence-corrected chi connectivity index (χ2v) is 6.52. The van der Waals surface area contributed by atoms with Gasteiger partial charge in [-0.3, -0.25) is 0 Å². The van der Waals surface area contributed by atoms with Crippen molar-refractivity contribution in [3.8, 4) is 5.75 Å². The molecule has 1 N–H and O–H groups in total. The molecule has 3 rings (SSSR count). The van der Waals surface area contributed by atoms with E-state index in [0.29, 0.717) is 23.2 Å². The third-order valence-corrected chi connectivity index (χ3v) is 4.29. The molecule has 0 saturated heterocycles. The molecule has 0 aromatic heterocycles. The second kappa shape index (κ2) is 9.27. The molecule has 0 aliphatic carbocycles. The highest BCUT2D eigenvalue weighted by atomic mass is 35.5. The van der Waals surface area contributed by atoms with Crippen molar-refractivity contribution in [1.29, 1.82) is 0 Å². The van der Waals surface area contributed by atoms with Gasteiger partial charge in [0.25, 0.3) is 0 Å². The average molecular weight is 385 g/mol. The van der Waals surface area contributed by atoms with Crippen molar-refractivity contribution in [2.24, 2.45) is 5.10 Å². The molecule has 0 heterocycles. The quantitative estimate of drug-likeness (QED) is 0.418. The molecule has 0 fully saturated rings. The molecule has 0 bridgehead atoms. The van der Waals surface area contributed by atoms with Gasteiger partial charge < -0.3 is 10.2 Å². The van der Waals surface area contributed by atoms with E-state index in [2.05, 4.69) is 22.7 Å². The first-order valence-electron chi connectivity index (χ1n) is 8.17. The molecule has 3 aromatic rings. The first-order valence-corrected chi connectivity index (χ1v) is 8.93. The Balaban J connectivity index is 1.55. The minimum atomic E-state index is 0.378. The van der Waals surface area contributed by atoms with Crippen LogP contribution < -0.4 is 10.2 Å². The Morgan fingerprint density at radius 3 is 2.58 bits per heavy atom. The van der Waals surface area contributed by atoms with Crippen LogP contribution in [0.2, 0.25) is 10.0 Å². The van der Waals surface area contributed by atoms with E-state index in [1.54, 1.807) is 18.3 Å². The van der Waals surface area contributed by atoms with Gasteiger partial charge >= 0.3 is 0 Å². The van der Waals surface area contributed by atoms with Crippen LogP contribution in [0.15, 0.2) is 77.9 Å². The Kier molecular flexibility index (Phi) is 6.53. The summed E-state index contributed by atoms with van der Waals surface area (Å²) in [6, 6.07) is 23.2. The van der Waals surface area contributed by atoms with E-state index < -0.39 is 0 Å². The van der Waals surface area contributed by atoms with Crippen LogP contribution in [-0.4, -0.2) is 6.21 Å². The third-order valence-electron chi connectivity index (χ3n) is 3.70. The minimum absolute atomic E-state index is 0.378. The smallest absolute Gasteiger partial charge is 0.120 e. The van der Waals surface area contributed by atoms with Gasteiger partial charge in [0.05, 0.1) is 12.8 Å². The summed E-state index contributed by atoms with van der Waals surface area (Å²) in [4.78, 5) is 0. The van der Waals surface area contributed by atoms with Gasteiger partial charge in [0.15, 0.2) is 0 Å². The maximum absolute atomic E-state index is 6.17. The zero-order valence-electron chi connectivity index (χ0n) is 14.0. The summed E-state index contributed by atoms with van der Waals surface area (Å²) in [6.07, 6.45) is 1.77. The van der Waals surface area contributed by atoms with Crippen LogP contribution in [0.4, 0.5) is 0 Å². The molecule has 0 saturated carbocycles. The molecular formula is C21H18Cl2N2O. The molecule has 0 amide bonds. The molecular weight excluding hydrogens is 367 g/mol. The topological polar surface area (TPSA) is 33.6 Å². The van der Waals surface area contributed by atoms with Crippen LogP contribution >= 0.6 is 23.2 Å². The zero-order valence-corrected chi connectivity index (χ0v) is 15.5. The summed E-state index contributed by atoms with van der Waals surface area (Å²) in [7, 11) is 0. The van der Waals surface area contributed by atoms with E-state index in [1.807, 2.05) is 48.5 Å². The van der Waals surface area contributed by atoms with Crippen LogP contribution in [0.5, 0.6) is 5.75 Å². The summed E-state index contributed by atoms with van der Waals surface area (Å²) in [6.45, 7) is 1.06. The van der Waals surface area contributed by atoms with Gasteiger partial charge in [0.1, 0.15) is 12.4 Å². The maximum atomic E-state index is 6.17. The van der Waals surface area contributed by atoms with E-state index in [-0.39, 0.29) is 0 Å². The molecule has 3 nitrogen and oxygen atoms in total. The number of hydrogen-bond acceptors (Lipinski definition) is 3. The van der Waals surface area contributed by atoms with Gasteiger partial charge in [-0.05, 0) is 35.4 Å². The van der Waals surface area contributed by atoms with E-state index >= 15 is 0 Å². The number of benzene rings is 3. The average Bonchev–Trinajstić information content (AvgIpc) is 2.66. The lowest BCUT2D eigenvalue weighted by Crippen LogP contribution is -2.05. The van der Waals surface area contributed by atoms with Gasteiger partial charge in [-0.25, -0.2) is 0 Å². The molecule has 0 aliphatic heterocycles. The number of ether oxygens (including phenoxy) is 1. The summed E-state index contributed by atoms with van der Waals surface area (Å²) in [5, 5.41) is 5.46. The van der Waals surface area contributed by atoms with Crippen molar-refractivity contribution in [1.82, 2.24) is 5.43 Å². The molecule has 132 valence electrons. The molecule has 5 heteroatoms. The van der Waals surface area contributed by atoms with Gasteiger partial charge in [0, 0.05) is 15.6 Å². The number of nitrogens with zero attached hydrogens (tertiary/aromatic N) is 1. The Morgan fingerprint density at radius 2 is 1.77 bits per heavy atom. The molecule has 0 atom stereocenters. The fraction of sp³-hybridized carbons (Fsp3) is 0.0952. The van der Waals surface area contributed by atoms with Crippen molar-refractivity contribution in [3.05, 3.63) is 99.5 Å². The summed E-state index contributed by atoms with van der Waals surface area (Å²) < 4.78 is 5.82. The highest BCUT2D eigenvalue weighted by molar-refractivity contribution is 6.35. The standard InChI is InChI=1S/C21H18Cl2N2O/c22-19-10-9-18(21(23)12-19)15-26-20-8-4-7-17(11-20)14-25-24-13-16-5-2-1-3-6-16/h1-12,14,24H,13,15H2. The number of rotatable bonds is 7. The van der Waals surface area contributed by atoms with Crippen LogP contribution in [0.25, 0.3) is 0 Å². The molecule has 0 spiro atoms. The SMILES string of the molecule is Clc1ccc(COc2cccc(C=NNCc3ccccc3)c2)c(Cl)c1. The summed E-state index contributed by atoms with van der Waals surface area (Å²) >= 11 is 12.1. The molecule has 26 heavy (non-hydrogen) atoms. The highest BCUT2D eigenvalue weighted by Crippen LogP contribution is 2.23. The highest BCUT2D eigenvalue weighted by Gasteiger charge is 2.03. The first kappa shape index (κ1) is 18.3. The van der Waals surface area contributed by atoms with Crippen molar-refractivity contribution in [2.45, 2.75) is 13.2 Å². The lowest BCUT2D eigenvalue weighted by molar-refractivity contribution is 0.306. The zero-order chi connectivity index (χ0) is 18.2. The van der Waals surface area contributed by atoms with Crippen molar-refractivity contribution in [3.63, 3.8) is 0 Å². The normalized spacial score (nSPS) is 10.8. The van der Waals surface area contributed by atoms with E-state index in [1.165, 1.54) is 5.56 Å². The largest absolute Gasteiger partial charge is 0.489 e. The van der Waals surface area contributed by atoms with Crippen molar-refractivity contribution < 1.29 is 4.74 Å². The minimum Gasteiger partial charge on any atom is -0.489 e. The maximum Gasteiger partial charge on any atom is 0.120 e. The van der Waals surface area contributed by atoms with Gasteiger partial charge in [-0.15, -0.1) is 0 Å². The van der Waals surface area contributed by atoms with Gasteiger partial charge in [-0.1, -0.05) is 71.7 Å². The number of halogens is 2. The van der Waals surface area contributed by atoms with Gasteiger partial charge in [0.2, 0.25) is 0 Å². The fourth-order valence-electron chi connectivity index (χ4n) is 2.34. The molecule has 3 aromatic carbocycles.